The van der Waals surface area contributed by atoms with E-state index in [4.69, 9.17) is 14.2 Å². The van der Waals surface area contributed by atoms with Gasteiger partial charge in [0.15, 0.2) is 17.6 Å². The Morgan fingerprint density at radius 2 is 1.58 bits per heavy atom. The molecule has 0 aliphatic heterocycles. The number of ether oxygens (including phenoxy) is 3. The Labute approximate surface area is 194 Å². The SMILES string of the molecule is C=CC(=O)NCCCCOc1ccc(CC(OCCCCNC(=O)C=C)C(=O)O)cc1OC. The number of carbonyl (C=O) groups excluding carboxylic acids is 2. The molecule has 0 aliphatic rings. The van der Waals surface area contributed by atoms with E-state index in [0.29, 0.717) is 44.0 Å². The van der Waals surface area contributed by atoms with Gasteiger partial charge in [-0.15, -0.1) is 0 Å². The van der Waals surface area contributed by atoms with Gasteiger partial charge in [-0.25, -0.2) is 4.79 Å². The zero-order chi connectivity index (χ0) is 24.5. The number of amides is 2. The van der Waals surface area contributed by atoms with Crippen LogP contribution in [0.4, 0.5) is 0 Å². The molecule has 33 heavy (non-hydrogen) atoms. The molecule has 0 radical (unpaired) electrons. The summed E-state index contributed by atoms with van der Waals surface area (Å²) in [6.45, 7) is 8.52. The summed E-state index contributed by atoms with van der Waals surface area (Å²) < 4.78 is 16.7. The summed E-state index contributed by atoms with van der Waals surface area (Å²) in [7, 11) is 1.52. The van der Waals surface area contributed by atoms with E-state index in [0.717, 1.165) is 18.4 Å². The summed E-state index contributed by atoms with van der Waals surface area (Å²) in [4.78, 5) is 33.8. The molecule has 0 aromatic heterocycles. The fraction of sp³-hybridized carbons (Fsp3) is 0.458. The van der Waals surface area contributed by atoms with E-state index in [1.807, 2.05) is 0 Å². The van der Waals surface area contributed by atoms with E-state index in [1.165, 1.54) is 19.3 Å². The summed E-state index contributed by atoms with van der Waals surface area (Å²) in [5, 5.41) is 14.8. The Bertz CT molecular complexity index is 795. The van der Waals surface area contributed by atoms with Crippen molar-refractivity contribution in [1.82, 2.24) is 10.6 Å². The molecule has 1 unspecified atom stereocenters. The maximum Gasteiger partial charge on any atom is 0.333 e. The number of carboxylic acids is 1. The first kappa shape index (κ1) is 27.7. The highest BCUT2D eigenvalue weighted by molar-refractivity contribution is 5.87. The van der Waals surface area contributed by atoms with Crippen molar-refractivity contribution in [3.63, 3.8) is 0 Å². The Hall–Kier alpha value is -3.33. The van der Waals surface area contributed by atoms with E-state index in [2.05, 4.69) is 23.8 Å². The lowest BCUT2D eigenvalue weighted by Gasteiger charge is -2.16. The van der Waals surface area contributed by atoms with Gasteiger partial charge in [-0.05, 0) is 55.5 Å². The number of nitrogens with one attached hydrogen (secondary N) is 2. The van der Waals surface area contributed by atoms with Crippen molar-refractivity contribution in [1.29, 1.82) is 0 Å². The Morgan fingerprint density at radius 3 is 2.12 bits per heavy atom. The molecule has 0 fully saturated rings. The van der Waals surface area contributed by atoms with Crippen LogP contribution in [0, 0.1) is 0 Å². The predicted octanol–water partition coefficient (Wildman–Crippen LogP) is 2.25. The van der Waals surface area contributed by atoms with Crippen LogP contribution >= 0.6 is 0 Å². The number of methoxy groups -OCH3 is 1. The molecular weight excluding hydrogens is 428 g/mol. The quantitative estimate of drug-likeness (QED) is 0.226. The number of hydrogen-bond acceptors (Lipinski definition) is 6. The van der Waals surface area contributed by atoms with Crippen LogP contribution in [0.15, 0.2) is 43.5 Å². The van der Waals surface area contributed by atoms with Crippen molar-refractivity contribution >= 4 is 17.8 Å². The summed E-state index contributed by atoms with van der Waals surface area (Å²) in [5.41, 5.74) is 0.747. The van der Waals surface area contributed by atoms with Gasteiger partial charge >= 0.3 is 5.97 Å². The zero-order valence-corrected chi connectivity index (χ0v) is 19.1. The molecule has 0 bridgehead atoms. The van der Waals surface area contributed by atoms with Gasteiger partial charge in [0.05, 0.1) is 13.7 Å². The monoisotopic (exact) mass is 462 g/mol. The molecule has 0 heterocycles. The third-order valence-electron chi connectivity index (χ3n) is 4.61. The van der Waals surface area contributed by atoms with Gasteiger partial charge in [-0.3, -0.25) is 9.59 Å². The molecule has 1 aromatic carbocycles. The van der Waals surface area contributed by atoms with E-state index < -0.39 is 12.1 Å². The lowest BCUT2D eigenvalue weighted by Crippen LogP contribution is -2.27. The standard InChI is InChI=1S/C24H34N2O7/c1-4-22(27)25-12-6-8-14-32-19-11-10-18(16-20(19)31-3)17-21(24(29)30)33-15-9-7-13-26-23(28)5-2/h4-5,10-11,16,21H,1-2,6-9,12-15,17H2,3H3,(H,25,27)(H,26,28)(H,29,30). The molecular formula is C24H34N2O7. The first-order valence-corrected chi connectivity index (χ1v) is 10.9. The van der Waals surface area contributed by atoms with Crippen LogP contribution in [0.2, 0.25) is 0 Å². The largest absolute Gasteiger partial charge is 0.493 e. The fourth-order valence-corrected chi connectivity index (χ4v) is 2.82. The summed E-state index contributed by atoms with van der Waals surface area (Å²) in [5.74, 6) is -0.412. The molecule has 1 rings (SSSR count). The highest BCUT2D eigenvalue weighted by Crippen LogP contribution is 2.29. The molecule has 0 saturated heterocycles. The number of hydrogen-bond donors (Lipinski definition) is 3. The minimum atomic E-state index is -1.04. The molecule has 1 aromatic rings. The minimum absolute atomic E-state index is 0.183. The van der Waals surface area contributed by atoms with E-state index in [1.54, 1.807) is 18.2 Å². The highest BCUT2D eigenvalue weighted by atomic mass is 16.5. The van der Waals surface area contributed by atoms with Gasteiger partial charge in [0, 0.05) is 26.1 Å². The van der Waals surface area contributed by atoms with Gasteiger partial charge in [0.25, 0.3) is 0 Å². The number of carbonyl (C=O) groups is 3. The van der Waals surface area contributed by atoms with Crippen LogP contribution in [0.5, 0.6) is 11.5 Å². The van der Waals surface area contributed by atoms with Gasteiger partial charge in [0.1, 0.15) is 0 Å². The smallest absolute Gasteiger partial charge is 0.333 e. The Kier molecular flexibility index (Phi) is 13.7. The van der Waals surface area contributed by atoms with Crippen molar-refractivity contribution in [3.8, 4) is 11.5 Å². The van der Waals surface area contributed by atoms with Crippen molar-refractivity contribution in [2.75, 3.05) is 33.4 Å². The lowest BCUT2D eigenvalue weighted by atomic mass is 10.1. The first-order valence-electron chi connectivity index (χ1n) is 10.9. The topological polar surface area (TPSA) is 123 Å². The number of rotatable bonds is 18. The lowest BCUT2D eigenvalue weighted by molar-refractivity contribution is -0.150. The molecule has 9 nitrogen and oxygen atoms in total. The maximum atomic E-state index is 11.6. The van der Waals surface area contributed by atoms with E-state index in [-0.39, 0.29) is 24.8 Å². The van der Waals surface area contributed by atoms with Crippen molar-refractivity contribution in [2.45, 2.75) is 38.2 Å². The average molecular weight is 463 g/mol. The van der Waals surface area contributed by atoms with Crippen LogP contribution in [0.3, 0.4) is 0 Å². The molecule has 0 saturated carbocycles. The van der Waals surface area contributed by atoms with Gasteiger partial charge < -0.3 is 30.0 Å². The second-order valence-corrected chi connectivity index (χ2v) is 7.14. The molecule has 0 spiro atoms. The maximum absolute atomic E-state index is 11.6. The van der Waals surface area contributed by atoms with Crippen molar-refractivity contribution in [3.05, 3.63) is 49.1 Å². The molecule has 3 N–H and O–H groups in total. The average Bonchev–Trinajstić information content (AvgIpc) is 2.82. The third kappa shape index (κ3) is 11.7. The van der Waals surface area contributed by atoms with Gasteiger partial charge in [-0.2, -0.15) is 0 Å². The number of aliphatic carboxylic acids is 1. The molecule has 0 aliphatic carbocycles. The Balaban J connectivity index is 2.47. The van der Waals surface area contributed by atoms with Crippen LogP contribution in [0.25, 0.3) is 0 Å². The third-order valence-corrected chi connectivity index (χ3v) is 4.61. The van der Waals surface area contributed by atoms with Crippen molar-refractivity contribution < 1.29 is 33.7 Å². The van der Waals surface area contributed by atoms with E-state index >= 15 is 0 Å². The van der Waals surface area contributed by atoms with Gasteiger partial charge in [-0.1, -0.05) is 19.2 Å². The summed E-state index contributed by atoms with van der Waals surface area (Å²) in [6, 6.07) is 5.27. The zero-order valence-electron chi connectivity index (χ0n) is 19.1. The van der Waals surface area contributed by atoms with Crippen molar-refractivity contribution in [2.24, 2.45) is 0 Å². The number of unbranched alkanes of at least 4 members (excludes halogenated alkanes) is 2. The van der Waals surface area contributed by atoms with Crippen LogP contribution in [0.1, 0.15) is 31.2 Å². The first-order chi connectivity index (χ1) is 15.9. The summed E-state index contributed by atoms with van der Waals surface area (Å²) >= 11 is 0. The molecule has 9 heteroatoms. The van der Waals surface area contributed by atoms with E-state index in [9.17, 15) is 19.5 Å². The molecule has 182 valence electrons. The number of benzene rings is 1. The summed E-state index contributed by atoms with van der Waals surface area (Å²) in [6.07, 6.45) is 4.43. The highest BCUT2D eigenvalue weighted by Gasteiger charge is 2.19. The molecule has 1 atom stereocenters. The second-order valence-electron chi connectivity index (χ2n) is 7.14. The predicted molar refractivity (Wildman–Crippen MR) is 124 cm³/mol. The fourth-order valence-electron chi connectivity index (χ4n) is 2.82. The Morgan fingerprint density at radius 1 is 0.970 bits per heavy atom. The van der Waals surface area contributed by atoms with Crippen LogP contribution in [-0.4, -0.2) is 62.4 Å². The molecule has 2 amide bonds. The van der Waals surface area contributed by atoms with Crippen LogP contribution in [-0.2, 0) is 25.5 Å². The minimum Gasteiger partial charge on any atom is -0.493 e. The second kappa shape index (κ2) is 16.3. The number of carboxylic acid groups (broad SMARTS) is 1. The normalized spacial score (nSPS) is 11.2. The van der Waals surface area contributed by atoms with Gasteiger partial charge in [0.2, 0.25) is 11.8 Å². The van der Waals surface area contributed by atoms with Crippen LogP contribution < -0.4 is 20.1 Å².